The number of aliphatic carboxylic acids is 1. The lowest BCUT2D eigenvalue weighted by molar-refractivity contribution is -0.136. The summed E-state index contributed by atoms with van der Waals surface area (Å²) in [5, 5.41) is 8.27. The predicted molar refractivity (Wildman–Crippen MR) is 50.5 cm³/mol. The molecule has 7 heteroatoms. The van der Waals surface area contributed by atoms with Crippen LogP contribution in [0.4, 0.5) is 0 Å². The topological polar surface area (TPSA) is 92.7 Å². The molecule has 0 fully saturated rings. The fourth-order valence-corrected chi connectivity index (χ4v) is 1.78. The standard InChI is InChI=1S/C7H15NO5S/c1-13-5-2-4-8-14(11,12)6-3-7(9)10/h8H,2-6H2,1H3,(H,9,10). The average Bonchev–Trinajstić information content (AvgIpc) is 2.10. The van der Waals surface area contributed by atoms with Crippen molar-refractivity contribution in [3.8, 4) is 0 Å². The van der Waals surface area contributed by atoms with Crippen LogP contribution in [0.15, 0.2) is 0 Å². The Balaban J connectivity index is 3.67. The van der Waals surface area contributed by atoms with Crippen LogP contribution in [0.25, 0.3) is 0 Å². The van der Waals surface area contributed by atoms with Crippen LogP contribution >= 0.6 is 0 Å². The first kappa shape index (κ1) is 13.3. The van der Waals surface area contributed by atoms with Crippen molar-refractivity contribution in [3.63, 3.8) is 0 Å². The maximum Gasteiger partial charge on any atom is 0.304 e. The average molecular weight is 225 g/mol. The molecule has 0 unspecified atom stereocenters. The number of carbonyl (C=O) groups is 1. The number of rotatable bonds is 8. The third-order valence-corrected chi connectivity index (χ3v) is 2.82. The fourth-order valence-electron chi connectivity index (χ4n) is 0.738. The molecule has 0 aromatic carbocycles. The van der Waals surface area contributed by atoms with Gasteiger partial charge < -0.3 is 9.84 Å². The lowest BCUT2D eigenvalue weighted by atomic mass is 10.5. The van der Waals surface area contributed by atoms with Gasteiger partial charge in [0.25, 0.3) is 0 Å². The highest BCUT2D eigenvalue weighted by Crippen LogP contribution is 1.90. The highest BCUT2D eigenvalue weighted by atomic mass is 32.2. The molecule has 84 valence electrons. The third-order valence-electron chi connectivity index (χ3n) is 1.43. The molecule has 6 nitrogen and oxygen atoms in total. The Labute approximate surface area is 83.3 Å². The van der Waals surface area contributed by atoms with E-state index in [1.165, 1.54) is 7.11 Å². The number of nitrogens with one attached hydrogen (secondary N) is 1. The molecule has 0 radical (unpaired) electrons. The molecule has 0 aliphatic rings. The van der Waals surface area contributed by atoms with Gasteiger partial charge in [-0.3, -0.25) is 4.79 Å². The summed E-state index contributed by atoms with van der Waals surface area (Å²) in [6, 6.07) is 0. The Hall–Kier alpha value is -0.660. The summed E-state index contributed by atoms with van der Waals surface area (Å²) in [5.41, 5.74) is 0. The van der Waals surface area contributed by atoms with Crippen LogP contribution in [0.2, 0.25) is 0 Å². The van der Waals surface area contributed by atoms with Gasteiger partial charge in [0.1, 0.15) is 0 Å². The quantitative estimate of drug-likeness (QED) is 0.539. The maximum absolute atomic E-state index is 11.1. The largest absolute Gasteiger partial charge is 0.481 e. The summed E-state index contributed by atoms with van der Waals surface area (Å²) in [5.74, 6) is -1.50. The van der Waals surface area contributed by atoms with Crippen molar-refractivity contribution >= 4 is 16.0 Å². The molecule has 0 spiro atoms. The minimum absolute atomic E-state index is 0.274. The SMILES string of the molecule is COCCCNS(=O)(=O)CCC(=O)O. The van der Waals surface area contributed by atoms with Crippen molar-refractivity contribution in [2.24, 2.45) is 0 Å². The minimum atomic E-state index is -3.44. The van der Waals surface area contributed by atoms with Gasteiger partial charge in [0.2, 0.25) is 10.0 Å². The van der Waals surface area contributed by atoms with Crippen molar-refractivity contribution in [1.82, 2.24) is 4.72 Å². The van der Waals surface area contributed by atoms with Gasteiger partial charge in [-0.05, 0) is 6.42 Å². The molecule has 0 rings (SSSR count). The second-order valence-corrected chi connectivity index (χ2v) is 4.63. The van der Waals surface area contributed by atoms with Crippen molar-refractivity contribution in [2.75, 3.05) is 26.0 Å². The van der Waals surface area contributed by atoms with E-state index in [0.29, 0.717) is 13.0 Å². The molecule has 0 atom stereocenters. The molecule has 0 aliphatic carbocycles. The zero-order chi connectivity index (χ0) is 11.0. The molecule has 0 aliphatic heterocycles. The number of carboxylic acids is 1. The van der Waals surface area contributed by atoms with E-state index in [-0.39, 0.29) is 18.7 Å². The summed E-state index contributed by atoms with van der Waals surface area (Å²) in [4.78, 5) is 10.1. The highest BCUT2D eigenvalue weighted by molar-refractivity contribution is 7.89. The third kappa shape index (κ3) is 7.96. The van der Waals surface area contributed by atoms with E-state index >= 15 is 0 Å². The van der Waals surface area contributed by atoms with E-state index in [1.807, 2.05) is 0 Å². The van der Waals surface area contributed by atoms with Gasteiger partial charge in [-0.1, -0.05) is 0 Å². The van der Waals surface area contributed by atoms with E-state index in [0.717, 1.165) is 0 Å². The summed E-state index contributed by atoms with van der Waals surface area (Å²) in [7, 11) is -1.92. The Morgan fingerprint density at radius 2 is 2.14 bits per heavy atom. The lowest BCUT2D eigenvalue weighted by Gasteiger charge is -2.04. The first-order chi connectivity index (χ1) is 6.48. The first-order valence-corrected chi connectivity index (χ1v) is 5.81. The first-order valence-electron chi connectivity index (χ1n) is 4.16. The van der Waals surface area contributed by atoms with Crippen molar-refractivity contribution in [2.45, 2.75) is 12.8 Å². The van der Waals surface area contributed by atoms with E-state index in [4.69, 9.17) is 9.84 Å². The van der Waals surface area contributed by atoms with Gasteiger partial charge in [-0.2, -0.15) is 0 Å². The molecule has 0 heterocycles. The second-order valence-electron chi connectivity index (χ2n) is 2.70. The molecular weight excluding hydrogens is 210 g/mol. The van der Waals surface area contributed by atoms with Crippen LogP contribution in [0.5, 0.6) is 0 Å². The van der Waals surface area contributed by atoms with Crippen molar-refractivity contribution < 1.29 is 23.1 Å². The highest BCUT2D eigenvalue weighted by Gasteiger charge is 2.11. The molecule has 0 saturated carbocycles. The van der Waals surface area contributed by atoms with Crippen LogP contribution in [-0.2, 0) is 19.6 Å². The van der Waals surface area contributed by atoms with Crippen LogP contribution in [0.3, 0.4) is 0 Å². The Kier molecular flexibility index (Phi) is 6.43. The summed E-state index contributed by atoms with van der Waals surface area (Å²) in [6.07, 6.45) is 0.197. The van der Waals surface area contributed by atoms with Crippen LogP contribution in [0.1, 0.15) is 12.8 Å². The molecule has 14 heavy (non-hydrogen) atoms. The zero-order valence-electron chi connectivity index (χ0n) is 8.02. The zero-order valence-corrected chi connectivity index (χ0v) is 8.84. The molecule has 0 aromatic heterocycles. The van der Waals surface area contributed by atoms with E-state index in [1.54, 1.807) is 0 Å². The van der Waals surface area contributed by atoms with Gasteiger partial charge in [-0.25, -0.2) is 13.1 Å². The smallest absolute Gasteiger partial charge is 0.304 e. The number of methoxy groups -OCH3 is 1. The molecule has 0 amide bonds. The molecule has 0 saturated heterocycles. The lowest BCUT2D eigenvalue weighted by Crippen LogP contribution is -2.28. The van der Waals surface area contributed by atoms with Crippen LogP contribution in [0, 0.1) is 0 Å². The van der Waals surface area contributed by atoms with E-state index in [2.05, 4.69) is 4.72 Å². The van der Waals surface area contributed by atoms with Gasteiger partial charge in [-0.15, -0.1) is 0 Å². The van der Waals surface area contributed by atoms with E-state index in [9.17, 15) is 13.2 Å². The maximum atomic E-state index is 11.1. The summed E-state index contributed by atoms with van der Waals surface area (Å²) >= 11 is 0. The number of hydrogen-bond donors (Lipinski definition) is 2. The molecular formula is C7H15NO5S. The van der Waals surface area contributed by atoms with Crippen molar-refractivity contribution in [1.29, 1.82) is 0 Å². The Bertz CT molecular complexity index is 261. The molecule has 0 bridgehead atoms. The molecule has 2 N–H and O–H groups in total. The van der Waals surface area contributed by atoms with Crippen LogP contribution in [-0.4, -0.2) is 45.5 Å². The Morgan fingerprint density at radius 1 is 1.50 bits per heavy atom. The number of sulfonamides is 1. The predicted octanol–water partition coefficient (Wildman–Crippen LogP) is -0.583. The van der Waals surface area contributed by atoms with E-state index < -0.39 is 16.0 Å². The summed E-state index contributed by atoms with van der Waals surface area (Å²) in [6.45, 7) is 0.747. The number of carboxylic acid groups (broad SMARTS) is 1. The summed E-state index contributed by atoms with van der Waals surface area (Å²) < 4.78 is 29.2. The van der Waals surface area contributed by atoms with Gasteiger partial charge in [0.15, 0.2) is 0 Å². The normalized spacial score (nSPS) is 11.5. The molecule has 0 aromatic rings. The number of hydrogen-bond acceptors (Lipinski definition) is 4. The van der Waals surface area contributed by atoms with Crippen LogP contribution < -0.4 is 4.72 Å². The van der Waals surface area contributed by atoms with Gasteiger partial charge >= 0.3 is 5.97 Å². The van der Waals surface area contributed by atoms with Crippen molar-refractivity contribution in [3.05, 3.63) is 0 Å². The number of ether oxygens (including phenoxy) is 1. The van der Waals surface area contributed by atoms with Gasteiger partial charge in [0, 0.05) is 20.3 Å². The second kappa shape index (κ2) is 6.74. The minimum Gasteiger partial charge on any atom is -0.481 e. The Morgan fingerprint density at radius 3 is 2.64 bits per heavy atom. The van der Waals surface area contributed by atoms with Gasteiger partial charge in [0.05, 0.1) is 12.2 Å². The monoisotopic (exact) mass is 225 g/mol. The fraction of sp³-hybridized carbons (Fsp3) is 0.857.